The smallest absolute Gasteiger partial charge is 0.322 e. The molecule has 1 aliphatic carbocycles. The van der Waals surface area contributed by atoms with Gasteiger partial charge in [0.1, 0.15) is 12.4 Å². The van der Waals surface area contributed by atoms with Crippen molar-refractivity contribution in [3.05, 3.63) is 24.3 Å². The number of nitrogens with zero attached hydrogens (tertiary/aromatic N) is 1. The molecule has 5 heteroatoms. The van der Waals surface area contributed by atoms with Crippen molar-refractivity contribution in [2.45, 2.75) is 18.9 Å². The van der Waals surface area contributed by atoms with E-state index in [1.54, 1.807) is 29.2 Å². The van der Waals surface area contributed by atoms with Gasteiger partial charge in [0.25, 0.3) is 0 Å². The van der Waals surface area contributed by atoms with Gasteiger partial charge in [0.2, 0.25) is 0 Å². The summed E-state index contributed by atoms with van der Waals surface area (Å²) < 4.78 is 5.30. The number of hydrogen-bond donors (Lipinski definition) is 2. The lowest BCUT2D eigenvalue weighted by atomic mass is 10.3. The molecular formula is C15H18N2O3. The average molecular weight is 274 g/mol. The van der Waals surface area contributed by atoms with Gasteiger partial charge in [-0.3, -0.25) is 0 Å². The number of ether oxygens (including phenoxy) is 1. The SMILES string of the molecule is C#CCOc1cccc(NC(=O)N(CCO)C2CC2)c1. The van der Waals surface area contributed by atoms with E-state index in [4.69, 9.17) is 16.3 Å². The first-order chi connectivity index (χ1) is 9.74. The molecule has 1 fully saturated rings. The minimum Gasteiger partial charge on any atom is -0.481 e. The first-order valence-electron chi connectivity index (χ1n) is 6.59. The maximum atomic E-state index is 12.1. The molecule has 2 rings (SSSR count). The summed E-state index contributed by atoms with van der Waals surface area (Å²) in [5.41, 5.74) is 0.646. The number of nitrogens with one attached hydrogen (secondary N) is 1. The highest BCUT2D eigenvalue weighted by atomic mass is 16.5. The Labute approximate surface area is 118 Å². The zero-order valence-electron chi connectivity index (χ0n) is 11.2. The van der Waals surface area contributed by atoms with Crippen LogP contribution >= 0.6 is 0 Å². The highest BCUT2D eigenvalue weighted by Crippen LogP contribution is 2.27. The topological polar surface area (TPSA) is 61.8 Å². The van der Waals surface area contributed by atoms with Crippen LogP contribution in [0.25, 0.3) is 0 Å². The summed E-state index contributed by atoms with van der Waals surface area (Å²) in [6.07, 6.45) is 7.13. The van der Waals surface area contributed by atoms with Gasteiger partial charge in [-0.1, -0.05) is 12.0 Å². The van der Waals surface area contributed by atoms with Crippen molar-refractivity contribution in [3.8, 4) is 18.1 Å². The van der Waals surface area contributed by atoms with Crippen molar-refractivity contribution in [1.29, 1.82) is 0 Å². The Morgan fingerprint density at radius 2 is 2.35 bits per heavy atom. The predicted molar refractivity (Wildman–Crippen MR) is 76.6 cm³/mol. The van der Waals surface area contributed by atoms with E-state index in [1.165, 1.54) is 0 Å². The van der Waals surface area contributed by atoms with Crippen LogP contribution in [0.1, 0.15) is 12.8 Å². The molecule has 2 amide bonds. The Morgan fingerprint density at radius 1 is 1.55 bits per heavy atom. The van der Waals surface area contributed by atoms with Gasteiger partial charge in [-0.25, -0.2) is 4.79 Å². The van der Waals surface area contributed by atoms with Gasteiger partial charge < -0.3 is 20.1 Å². The van der Waals surface area contributed by atoms with Gasteiger partial charge in [0, 0.05) is 24.3 Å². The number of hydrogen-bond acceptors (Lipinski definition) is 3. The minimum atomic E-state index is -0.198. The third-order valence-electron chi connectivity index (χ3n) is 3.00. The molecule has 1 aromatic carbocycles. The molecule has 0 aliphatic heterocycles. The lowest BCUT2D eigenvalue weighted by Gasteiger charge is -2.21. The third-order valence-corrected chi connectivity index (χ3v) is 3.00. The van der Waals surface area contributed by atoms with Gasteiger partial charge in [0.15, 0.2) is 0 Å². The first-order valence-corrected chi connectivity index (χ1v) is 6.59. The van der Waals surface area contributed by atoms with E-state index in [0.717, 1.165) is 12.8 Å². The van der Waals surface area contributed by atoms with E-state index in [2.05, 4.69) is 11.2 Å². The molecule has 1 aromatic rings. The summed E-state index contributed by atoms with van der Waals surface area (Å²) in [4.78, 5) is 13.8. The highest BCUT2D eigenvalue weighted by molar-refractivity contribution is 5.90. The fourth-order valence-corrected chi connectivity index (χ4v) is 1.93. The third kappa shape index (κ3) is 3.90. The average Bonchev–Trinajstić information content (AvgIpc) is 3.27. The van der Waals surface area contributed by atoms with Crippen molar-refractivity contribution in [3.63, 3.8) is 0 Å². The maximum Gasteiger partial charge on any atom is 0.322 e. The Hall–Kier alpha value is -2.19. The summed E-state index contributed by atoms with van der Waals surface area (Å²) in [5.74, 6) is 3.00. The van der Waals surface area contributed by atoms with Crippen molar-refractivity contribution in [2.75, 3.05) is 25.1 Å². The Morgan fingerprint density at radius 3 is 3.00 bits per heavy atom. The maximum absolute atomic E-state index is 12.1. The number of rotatable bonds is 6. The number of urea groups is 1. The number of aliphatic hydroxyl groups is 1. The van der Waals surface area contributed by atoms with Gasteiger partial charge in [-0.2, -0.15) is 0 Å². The summed E-state index contributed by atoms with van der Waals surface area (Å²) >= 11 is 0. The monoisotopic (exact) mass is 274 g/mol. The lowest BCUT2D eigenvalue weighted by molar-refractivity contribution is 0.185. The minimum absolute atomic E-state index is 0.0325. The molecule has 0 spiro atoms. The summed E-state index contributed by atoms with van der Waals surface area (Å²) in [5, 5.41) is 11.8. The molecule has 1 aliphatic rings. The number of benzene rings is 1. The van der Waals surface area contributed by atoms with E-state index in [1.807, 2.05) is 0 Å². The number of amides is 2. The summed E-state index contributed by atoms with van der Waals surface area (Å²) in [7, 11) is 0. The number of carbonyl (C=O) groups excluding carboxylic acids is 1. The van der Waals surface area contributed by atoms with Gasteiger partial charge in [-0.15, -0.1) is 6.42 Å². The summed E-state index contributed by atoms with van der Waals surface area (Å²) in [6, 6.07) is 7.12. The van der Waals surface area contributed by atoms with Crippen molar-refractivity contribution in [2.24, 2.45) is 0 Å². The molecule has 0 heterocycles. The zero-order chi connectivity index (χ0) is 14.4. The quantitative estimate of drug-likeness (QED) is 0.776. The second kappa shape index (κ2) is 6.83. The van der Waals surface area contributed by atoms with E-state index in [-0.39, 0.29) is 25.3 Å². The van der Waals surface area contributed by atoms with E-state index in [0.29, 0.717) is 18.0 Å². The summed E-state index contributed by atoms with van der Waals surface area (Å²) in [6.45, 7) is 0.509. The van der Waals surface area contributed by atoms with Crippen LogP contribution in [0.15, 0.2) is 24.3 Å². The van der Waals surface area contributed by atoms with Crippen LogP contribution in [0.5, 0.6) is 5.75 Å². The van der Waals surface area contributed by atoms with Gasteiger partial charge in [0.05, 0.1) is 6.61 Å². The fraction of sp³-hybridized carbons (Fsp3) is 0.400. The van der Waals surface area contributed by atoms with Crippen LogP contribution < -0.4 is 10.1 Å². The number of terminal acetylenes is 1. The van der Waals surface area contributed by atoms with Crippen LogP contribution in [0, 0.1) is 12.3 Å². The molecule has 0 radical (unpaired) electrons. The Balaban J connectivity index is 1.97. The van der Waals surface area contributed by atoms with Gasteiger partial charge >= 0.3 is 6.03 Å². The largest absolute Gasteiger partial charge is 0.481 e. The molecule has 0 atom stereocenters. The van der Waals surface area contributed by atoms with E-state index in [9.17, 15) is 4.79 Å². The Bertz CT molecular complexity index is 506. The molecule has 0 saturated heterocycles. The van der Waals surface area contributed by atoms with Crippen LogP contribution in [0.3, 0.4) is 0 Å². The normalized spacial score (nSPS) is 13.4. The molecular weight excluding hydrogens is 256 g/mol. The predicted octanol–water partition coefficient (Wildman–Crippen LogP) is 1.69. The van der Waals surface area contributed by atoms with Crippen LogP contribution in [-0.4, -0.2) is 41.8 Å². The molecule has 2 N–H and O–H groups in total. The van der Waals surface area contributed by atoms with Crippen LogP contribution in [-0.2, 0) is 0 Å². The second-order valence-electron chi connectivity index (χ2n) is 4.60. The van der Waals surface area contributed by atoms with Crippen molar-refractivity contribution < 1.29 is 14.6 Å². The van der Waals surface area contributed by atoms with Crippen LogP contribution in [0.2, 0.25) is 0 Å². The second-order valence-corrected chi connectivity index (χ2v) is 4.60. The number of carbonyl (C=O) groups is 1. The lowest BCUT2D eigenvalue weighted by Crippen LogP contribution is -2.38. The highest BCUT2D eigenvalue weighted by Gasteiger charge is 2.32. The molecule has 1 saturated carbocycles. The van der Waals surface area contributed by atoms with Crippen LogP contribution in [0.4, 0.5) is 10.5 Å². The number of anilines is 1. The van der Waals surface area contributed by atoms with Crippen molar-refractivity contribution in [1.82, 2.24) is 4.90 Å². The van der Waals surface area contributed by atoms with E-state index < -0.39 is 0 Å². The van der Waals surface area contributed by atoms with Gasteiger partial charge in [-0.05, 0) is 25.0 Å². The standard InChI is InChI=1S/C15H18N2O3/c1-2-10-20-14-5-3-4-12(11-14)16-15(19)17(8-9-18)13-6-7-13/h1,3-5,11,13,18H,6-10H2,(H,16,19). The zero-order valence-corrected chi connectivity index (χ0v) is 11.2. The molecule has 0 aromatic heterocycles. The van der Waals surface area contributed by atoms with E-state index >= 15 is 0 Å². The molecule has 0 bridgehead atoms. The molecule has 20 heavy (non-hydrogen) atoms. The molecule has 0 unspecified atom stereocenters. The first kappa shape index (κ1) is 14.2. The Kier molecular flexibility index (Phi) is 4.85. The fourth-order valence-electron chi connectivity index (χ4n) is 1.93. The number of aliphatic hydroxyl groups excluding tert-OH is 1. The van der Waals surface area contributed by atoms with Crippen molar-refractivity contribution >= 4 is 11.7 Å². The molecule has 5 nitrogen and oxygen atoms in total. The molecule has 106 valence electrons.